The summed E-state index contributed by atoms with van der Waals surface area (Å²) in [7, 11) is 0. The van der Waals surface area contributed by atoms with Crippen molar-refractivity contribution in [3.63, 3.8) is 0 Å². The molecule has 5 nitrogen and oxygen atoms in total. The molecule has 7 heteroatoms. The molecule has 1 atom stereocenters. The van der Waals surface area contributed by atoms with Crippen molar-refractivity contribution in [1.82, 2.24) is 0 Å². The fraction of sp³-hybridized carbons (Fsp3) is 0.455. The first-order chi connectivity index (χ1) is 7.64. The minimum absolute atomic E-state index is 0. The van der Waals surface area contributed by atoms with Gasteiger partial charge in [0.05, 0.1) is 9.40 Å². The molecule has 0 aliphatic rings. The first-order valence-corrected chi connectivity index (χ1v) is 5.86. The lowest BCUT2D eigenvalue weighted by atomic mass is 9.82. The number of phenolic OH excluding ortho intramolecular Hbond substituents is 1. The molecule has 102 valence electrons. The molecule has 0 fully saturated rings. The lowest BCUT2D eigenvalue weighted by Gasteiger charge is -2.28. The summed E-state index contributed by atoms with van der Waals surface area (Å²) in [6.45, 7) is 5.72. The third-order valence-corrected chi connectivity index (χ3v) is 3.16. The number of aromatic hydroxyl groups is 1. The molecule has 0 amide bonds. The summed E-state index contributed by atoms with van der Waals surface area (Å²) >= 11 is 3.09. The quantitative estimate of drug-likeness (QED) is 0.637. The number of hydrogen-bond donors (Lipinski definition) is 2. The Morgan fingerprint density at radius 1 is 1.44 bits per heavy atom. The van der Waals surface area contributed by atoms with Crippen LogP contribution in [0.15, 0.2) is 16.6 Å². The van der Waals surface area contributed by atoms with E-state index in [0.717, 1.165) is 0 Å². The number of hydrogen-bond acceptors (Lipinski definition) is 4. The number of nitro groups is 1. The summed E-state index contributed by atoms with van der Waals surface area (Å²) in [5.74, 6) is -0.0435. The maximum Gasteiger partial charge on any atom is 0.271 e. The highest BCUT2D eigenvalue weighted by Crippen LogP contribution is 2.40. The Kier molecular flexibility index (Phi) is 5.58. The van der Waals surface area contributed by atoms with Gasteiger partial charge >= 0.3 is 0 Å². The first kappa shape index (κ1) is 17.2. The van der Waals surface area contributed by atoms with Crippen LogP contribution in [0.3, 0.4) is 0 Å². The Morgan fingerprint density at radius 3 is 2.33 bits per heavy atom. The fourth-order valence-corrected chi connectivity index (χ4v) is 1.88. The molecule has 1 rings (SSSR count). The lowest BCUT2D eigenvalue weighted by Crippen LogP contribution is -2.26. The van der Waals surface area contributed by atoms with Gasteiger partial charge in [-0.05, 0) is 21.3 Å². The molecule has 0 heterocycles. The van der Waals surface area contributed by atoms with Crippen LogP contribution in [0.25, 0.3) is 0 Å². The van der Waals surface area contributed by atoms with E-state index in [2.05, 4.69) is 15.9 Å². The summed E-state index contributed by atoms with van der Waals surface area (Å²) in [6.07, 6.45) is 0. The molecule has 18 heavy (non-hydrogen) atoms. The third-order valence-electron chi connectivity index (χ3n) is 2.56. The van der Waals surface area contributed by atoms with E-state index < -0.39 is 11.0 Å². The summed E-state index contributed by atoms with van der Waals surface area (Å²) in [5.41, 5.74) is 5.99. The average molecular weight is 340 g/mol. The summed E-state index contributed by atoms with van der Waals surface area (Å²) in [5, 5.41) is 20.6. The molecule has 0 saturated heterocycles. The monoisotopic (exact) mass is 338 g/mol. The lowest BCUT2D eigenvalue weighted by molar-refractivity contribution is -0.385. The number of phenols is 1. The largest absolute Gasteiger partial charge is 0.506 e. The van der Waals surface area contributed by atoms with Crippen molar-refractivity contribution in [2.75, 3.05) is 0 Å². The van der Waals surface area contributed by atoms with Crippen LogP contribution < -0.4 is 5.73 Å². The Bertz CT molecular complexity index is 460. The Balaban J connectivity index is 0.00000289. The second-order valence-electron chi connectivity index (χ2n) is 4.97. The van der Waals surface area contributed by atoms with E-state index >= 15 is 0 Å². The smallest absolute Gasteiger partial charge is 0.271 e. The molecule has 0 bridgehead atoms. The van der Waals surface area contributed by atoms with Crippen LogP contribution in [0.1, 0.15) is 32.4 Å². The minimum atomic E-state index is -0.511. The van der Waals surface area contributed by atoms with Gasteiger partial charge in [-0.2, -0.15) is 0 Å². The summed E-state index contributed by atoms with van der Waals surface area (Å²) < 4.78 is 0.279. The van der Waals surface area contributed by atoms with Gasteiger partial charge in [0.2, 0.25) is 0 Å². The third kappa shape index (κ3) is 3.57. The van der Waals surface area contributed by atoms with Crippen LogP contribution in [0.5, 0.6) is 5.75 Å². The molecule has 3 N–H and O–H groups in total. The molecule has 0 radical (unpaired) electrons. The molecule has 1 aromatic rings. The SMILES string of the molecule is CC(C)(C)[C@@H](N)c1cc([N+](=O)[O-])cc(Br)c1O.Cl. The van der Waals surface area contributed by atoms with Crippen molar-refractivity contribution in [3.05, 3.63) is 32.3 Å². The second-order valence-corrected chi connectivity index (χ2v) is 5.82. The standard InChI is InChI=1S/C11H15BrN2O3.ClH/c1-11(2,3)10(13)7-4-6(14(16)17)5-8(12)9(7)15;/h4-5,10,15H,13H2,1-3H3;1H/t10-;/m0./s1. The predicted molar refractivity (Wildman–Crippen MR) is 76.1 cm³/mol. The number of nitro benzene ring substituents is 1. The Labute approximate surface area is 120 Å². The van der Waals surface area contributed by atoms with Gasteiger partial charge in [0.15, 0.2) is 0 Å². The van der Waals surface area contributed by atoms with Crippen LogP contribution >= 0.6 is 28.3 Å². The highest BCUT2D eigenvalue weighted by atomic mass is 79.9. The molecular weight excluding hydrogens is 323 g/mol. The summed E-state index contributed by atoms with van der Waals surface area (Å²) in [4.78, 5) is 10.2. The molecule has 0 aliphatic heterocycles. The van der Waals surface area contributed by atoms with Gasteiger partial charge in [-0.15, -0.1) is 12.4 Å². The van der Waals surface area contributed by atoms with E-state index in [1.54, 1.807) is 0 Å². The normalized spacial score (nSPS) is 12.7. The molecule has 0 spiro atoms. The number of nitrogens with zero attached hydrogens (tertiary/aromatic N) is 1. The molecule has 0 unspecified atom stereocenters. The first-order valence-electron chi connectivity index (χ1n) is 5.07. The van der Waals surface area contributed by atoms with Gasteiger partial charge in [0, 0.05) is 23.7 Å². The van der Waals surface area contributed by atoms with Gasteiger partial charge in [0.1, 0.15) is 5.75 Å². The maximum absolute atomic E-state index is 10.8. The number of halogens is 2. The molecule has 1 aromatic carbocycles. The highest BCUT2D eigenvalue weighted by Gasteiger charge is 2.27. The Morgan fingerprint density at radius 2 is 1.94 bits per heavy atom. The van der Waals surface area contributed by atoms with E-state index in [4.69, 9.17) is 5.73 Å². The number of benzene rings is 1. The van der Waals surface area contributed by atoms with Gasteiger partial charge in [-0.3, -0.25) is 10.1 Å². The molecular formula is C11H16BrClN2O3. The van der Waals surface area contributed by atoms with Crippen molar-refractivity contribution < 1.29 is 10.0 Å². The molecule has 0 saturated carbocycles. The molecule has 0 aliphatic carbocycles. The minimum Gasteiger partial charge on any atom is -0.506 e. The van der Waals surface area contributed by atoms with Crippen molar-refractivity contribution >= 4 is 34.0 Å². The zero-order valence-corrected chi connectivity index (χ0v) is 12.7. The van der Waals surface area contributed by atoms with Crippen LogP contribution in [-0.2, 0) is 0 Å². The van der Waals surface area contributed by atoms with E-state index in [9.17, 15) is 15.2 Å². The van der Waals surface area contributed by atoms with Gasteiger partial charge < -0.3 is 10.8 Å². The zero-order valence-electron chi connectivity index (χ0n) is 10.3. The fourth-order valence-electron chi connectivity index (χ4n) is 1.41. The van der Waals surface area contributed by atoms with Crippen LogP contribution in [0.2, 0.25) is 0 Å². The van der Waals surface area contributed by atoms with E-state index in [-0.39, 0.29) is 33.7 Å². The zero-order chi connectivity index (χ0) is 13.4. The van der Waals surface area contributed by atoms with Gasteiger partial charge in [-0.1, -0.05) is 20.8 Å². The van der Waals surface area contributed by atoms with E-state index in [0.29, 0.717) is 5.56 Å². The summed E-state index contributed by atoms with van der Waals surface area (Å²) in [6, 6.07) is 2.09. The predicted octanol–water partition coefficient (Wildman–Crippen LogP) is 3.53. The average Bonchev–Trinajstić information content (AvgIpc) is 2.19. The van der Waals surface area contributed by atoms with Gasteiger partial charge in [0.25, 0.3) is 5.69 Å². The van der Waals surface area contributed by atoms with Crippen molar-refractivity contribution in [1.29, 1.82) is 0 Å². The van der Waals surface area contributed by atoms with E-state index in [1.165, 1.54) is 12.1 Å². The number of non-ortho nitro benzene ring substituents is 1. The van der Waals surface area contributed by atoms with Crippen molar-refractivity contribution in [3.8, 4) is 5.75 Å². The van der Waals surface area contributed by atoms with Crippen molar-refractivity contribution in [2.24, 2.45) is 11.1 Å². The second kappa shape index (κ2) is 5.86. The number of rotatable bonds is 2. The van der Waals surface area contributed by atoms with Crippen LogP contribution in [0, 0.1) is 15.5 Å². The maximum atomic E-state index is 10.8. The van der Waals surface area contributed by atoms with Crippen LogP contribution in [-0.4, -0.2) is 10.0 Å². The number of nitrogens with two attached hydrogens (primary N) is 1. The van der Waals surface area contributed by atoms with Crippen molar-refractivity contribution in [2.45, 2.75) is 26.8 Å². The van der Waals surface area contributed by atoms with Crippen LogP contribution in [0.4, 0.5) is 5.69 Å². The van der Waals surface area contributed by atoms with Gasteiger partial charge in [-0.25, -0.2) is 0 Å². The topological polar surface area (TPSA) is 89.4 Å². The Hall–Kier alpha value is -0.850. The van der Waals surface area contributed by atoms with E-state index in [1.807, 2.05) is 20.8 Å². The molecule has 0 aromatic heterocycles. The highest BCUT2D eigenvalue weighted by molar-refractivity contribution is 9.10.